The highest BCUT2D eigenvalue weighted by Crippen LogP contribution is 2.27. The van der Waals surface area contributed by atoms with E-state index in [-0.39, 0.29) is 12.0 Å². The SMILES string of the molecule is NCCN(CCc1ccccc1)CC(=O)NCC1Cc2ccccc2O1. The van der Waals surface area contributed by atoms with Gasteiger partial charge in [0.15, 0.2) is 0 Å². The Morgan fingerprint density at radius 1 is 1.12 bits per heavy atom. The number of carbonyl (C=O) groups is 1. The highest BCUT2D eigenvalue weighted by atomic mass is 16.5. The molecule has 2 aromatic carbocycles. The number of nitrogens with one attached hydrogen (secondary N) is 1. The average molecular weight is 353 g/mol. The third kappa shape index (κ3) is 5.31. The van der Waals surface area contributed by atoms with E-state index in [0.717, 1.165) is 25.1 Å². The van der Waals surface area contributed by atoms with Gasteiger partial charge in [-0.05, 0) is 23.6 Å². The second kappa shape index (κ2) is 9.36. The van der Waals surface area contributed by atoms with Crippen LogP contribution >= 0.6 is 0 Å². The lowest BCUT2D eigenvalue weighted by molar-refractivity contribution is -0.122. The van der Waals surface area contributed by atoms with E-state index in [4.69, 9.17) is 10.5 Å². The fraction of sp³-hybridized carbons (Fsp3) is 0.381. The monoisotopic (exact) mass is 353 g/mol. The fourth-order valence-corrected chi connectivity index (χ4v) is 3.24. The molecule has 5 heteroatoms. The standard InChI is InChI=1S/C21H27N3O2/c22-11-13-24(12-10-17-6-2-1-3-7-17)16-21(25)23-15-19-14-18-8-4-5-9-20(18)26-19/h1-9,19H,10-16,22H2,(H,23,25). The third-order valence-corrected chi connectivity index (χ3v) is 4.61. The van der Waals surface area contributed by atoms with E-state index in [1.807, 2.05) is 36.4 Å². The largest absolute Gasteiger partial charge is 0.488 e. The summed E-state index contributed by atoms with van der Waals surface area (Å²) in [6, 6.07) is 18.3. The maximum Gasteiger partial charge on any atom is 0.234 e. The predicted molar refractivity (Wildman–Crippen MR) is 103 cm³/mol. The third-order valence-electron chi connectivity index (χ3n) is 4.61. The number of ether oxygens (including phenoxy) is 1. The van der Waals surface area contributed by atoms with Crippen LogP contribution in [0, 0.1) is 0 Å². The van der Waals surface area contributed by atoms with Crippen LogP contribution in [0.25, 0.3) is 0 Å². The first-order valence-electron chi connectivity index (χ1n) is 9.22. The first kappa shape index (κ1) is 18.4. The van der Waals surface area contributed by atoms with E-state index in [2.05, 4.69) is 28.4 Å². The molecule has 0 fully saturated rings. The molecular formula is C21H27N3O2. The first-order chi connectivity index (χ1) is 12.7. The molecule has 1 amide bonds. The molecule has 1 unspecified atom stereocenters. The second-order valence-corrected chi connectivity index (χ2v) is 6.66. The van der Waals surface area contributed by atoms with Crippen molar-refractivity contribution in [1.29, 1.82) is 0 Å². The molecule has 1 aliphatic rings. The van der Waals surface area contributed by atoms with Crippen LogP contribution in [0.2, 0.25) is 0 Å². The molecule has 3 N–H and O–H groups in total. The number of nitrogens with two attached hydrogens (primary N) is 1. The summed E-state index contributed by atoms with van der Waals surface area (Å²) in [6.45, 7) is 2.97. The van der Waals surface area contributed by atoms with Crippen molar-refractivity contribution < 1.29 is 9.53 Å². The Labute approximate surface area is 155 Å². The van der Waals surface area contributed by atoms with Gasteiger partial charge in [0, 0.05) is 26.1 Å². The molecule has 0 saturated carbocycles. The molecule has 0 aliphatic carbocycles. The number of amides is 1. The first-order valence-corrected chi connectivity index (χ1v) is 9.22. The van der Waals surface area contributed by atoms with Crippen LogP contribution < -0.4 is 15.8 Å². The maximum absolute atomic E-state index is 12.3. The molecule has 2 aromatic rings. The van der Waals surface area contributed by atoms with Gasteiger partial charge >= 0.3 is 0 Å². The van der Waals surface area contributed by atoms with Gasteiger partial charge < -0.3 is 15.8 Å². The molecule has 0 aromatic heterocycles. The number of fused-ring (bicyclic) bond motifs is 1. The summed E-state index contributed by atoms with van der Waals surface area (Å²) >= 11 is 0. The molecule has 3 rings (SSSR count). The number of nitrogens with zero attached hydrogens (tertiary/aromatic N) is 1. The lowest BCUT2D eigenvalue weighted by Gasteiger charge is -2.21. The minimum absolute atomic E-state index is 0.0172. The summed E-state index contributed by atoms with van der Waals surface area (Å²) in [5.74, 6) is 0.949. The van der Waals surface area contributed by atoms with E-state index >= 15 is 0 Å². The molecule has 0 bridgehead atoms. The van der Waals surface area contributed by atoms with Crippen LogP contribution in [-0.4, -0.2) is 49.6 Å². The zero-order chi connectivity index (χ0) is 18.2. The van der Waals surface area contributed by atoms with E-state index in [1.54, 1.807) is 0 Å². The highest BCUT2D eigenvalue weighted by Gasteiger charge is 2.22. The molecule has 1 heterocycles. The van der Waals surface area contributed by atoms with Crippen LogP contribution in [0.3, 0.4) is 0 Å². The zero-order valence-electron chi connectivity index (χ0n) is 15.1. The summed E-state index contributed by atoms with van der Waals surface area (Å²) in [4.78, 5) is 14.4. The Kier molecular flexibility index (Phi) is 6.63. The number of hydrogen-bond donors (Lipinski definition) is 2. The van der Waals surface area contributed by atoms with Crippen molar-refractivity contribution in [2.24, 2.45) is 5.73 Å². The van der Waals surface area contributed by atoms with Crippen molar-refractivity contribution in [3.05, 3.63) is 65.7 Å². The molecular weight excluding hydrogens is 326 g/mol. The lowest BCUT2D eigenvalue weighted by Crippen LogP contribution is -2.43. The van der Waals surface area contributed by atoms with Crippen LogP contribution in [0.4, 0.5) is 0 Å². The number of hydrogen-bond acceptors (Lipinski definition) is 4. The molecule has 1 atom stereocenters. The van der Waals surface area contributed by atoms with Crippen molar-refractivity contribution in [2.75, 3.05) is 32.7 Å². The molecule has 1 aliphatic heterocycles. The van der Waals surface area contributed by atoms with Crippen LogP contribution in [-0.2, 0) is 17.6 Å². The molecule has 0 saturated heterocycles. The van der Waals surface area contributed by atoms with Gasteiger partial charge in [0.05, 0.1) is 13.1 Å². The van der Waals surface area contributed by atoms with Crippen molar-refractivity contribution in [1.82, 2.24) is 10.2 Å². The Morgan fingerprint density at radius 2 is 1.88 bits per heavy atom. The molecule has 5 nitrogen and oxygen atoms in total. The smallest absolute Gasteiger partial charge is 0.234 e. The molecule has 26 heavy (non-hydrogen) atoms. The van der Waals surface area contributed by atoms with Gasteiger partial charge in [-0.1, -0.05) is 48.5 Å². The predicted octanol–water partition coefficient (Wildman–Crippen LogP) is 1.61. The van der Waals surface area contributed by atoms with Crippen molar-refractivity contribution in [3.8, 4) is 5.75 Å². The highest BCUT2D eigenvalue weighted by molar-refractivity contribution is 5.78. The fourth-order valence-electron chi connectivity index (χ4n) is 3.24. The second-order valence-electron chi connectivity index (χ2n) is 6.66. The summed E-state index contributed by atoms with van der Waals surface area (Å²) in [6.07, 6.45) is 1.77. The minimum atomic E-state index is 0.0172. The average Bonchev–Trinajstić information content (AvgIpc) is 3.08. The Hall–Kier alpha value is -2.37. The zero-order valence-corrected chi connectivity index (χ0v) is 15.1. The van der Waals surface area contributed by atoms with Gasteiger partial charge in [-0.15, -0.1) is 0 Å². The van der Waals surface area contributed by atoms with E-state index in [9.17, 15) is 4.79 Å². The van der Waals surface area contributed by atoms with E-state index < -0.39 is 0 Å². The van der Waals surface area contributed by atoms with Gasteiger partial charge in [-0.3, -0.25) is 9.69 Å². The number of para-hydroxylation sites is 1. The topological polar surface area (TPSA) is 67.6 Å². The maximum atomic E-state index is 12.3. The molecule has 0 spiro atoms. The van der Waals surface area contributed by atoms with Gasteiger partial charge in [-0.25, -0.2) is 0 Å². The van der Waals surface area contributed by atoms with Crippen molar-refractivity contribution in [2.45, 2.75) is 18.9 Å². The van der Waals surface area contributed by atoms with Crippen LogP contribution in [0.5, 0.6) is 5.75 Å². The van der Waals surface area contributed by atoms with Gasteiger partial charge in [0.1, 0.15) is 11.9 Å². The van der Waals surface area contributed by atoms with Crippen LogP contribution in [0.15, 0.2) is 54.6 Å². The number of rotatable bonds is 9. The van der Waals surface area contributed by atoms with Crippen LogP contribution in [0.1, 0.15) is 11.1 Å². The minimum Gasteiger partial charge on any atom is -0.488 e. The van der Waals surface area contributed by atoms with Gasteiger partial charge in [-0.2, -0.15) is 0 Å². The van der Waals surface area contributed by atoms with Crippen molar-refractivity contribution >= 4 is 5.91 Å². The lowest BCUT2D eigenvalue weighted by atomic mass is 10.1. The number of carbonyl (C=O) groups excluding carboxylic acids is 1. The van der Waals surface area contributed by atoms with E-state index in [0.29, 0.717) is 26.2 Å². The normalized spacial score (nSPS) is 15.5. The van der Waals surface area contributed by atoms with Gasteiger partial charge in [0.2, 0.25) is 5.91 Å². The van der Waals surface area contributed by atoms with Gasteiger partial charge in [0.25, 0.3) is 0 Å². The Morgan fingerprint density at radius 3 is 2.65 bits per heavy atom. The number of benzene rings is 2. The quantitative estimate of drug-likeness (QED) is 0.719. The Balaban J connectivity index is 1.42. The summed E-state index contributed by atoms with van der Waals surface area (Å²) in [7, 11) is 0. The van der Waals surface area contributed by atoms with E-state index in [1.165, 1.54) is 11.1 Å². The Bertz CT molecular complexity index is 680. The molecule has 0 radical (unpaired) electrons. The van der Waals surface area contributed by atoms with Crippen molar-refractivity contribution in [3.63, 3.8) is 0 Å². The summed E-state index contributed by atoms with van der Waals surface area (Å²) in [5, 5.41) is 3.00. The molecule has 138 valence electrons. The summed E-state index contributed by atoms with van der Waals surface area (Å²) < 4.78 is 5.87. The summed E-state index contributed by atoms with van der Waals surface area (Å²) in [5.41, 5.74) is 8.18.